The highest BCUT2D eigenvalue weighted by Gasteiger charge is 2.32. The van der Waals surface area contributed by atoms with Crippen LogP contribution in [0.3, 0.4) is 0 Å². The van der Waals surface area contributed by atoms with Crippen LogP contribution in [0.1, 0.15) is 31.1 Å². The average Bonchev–Trinajstić information content (AvgIpc) is 3.19. The van der Waals surface area contributed by atoms with Crippen molar-refractivity contribution < 1.29 is 32.2 Å². The van der Waals surface area contributed by atoms with Crippen molar-refractivity contribution >= 4 is 43.5 Å². The molecule has 198 valence electrons. The molecule has 2 aromatic carbocycles. The fraction of sp³-hybridized carbons (Fsp3) is 0.400. The van der Waals surface area contributed by atoms with Crippen molar-refractivity contribution in [2.75, 3.05) is 26.8 Å². The Bertz CT molecular complexity index is 1470. The second-order valence-corrected chi connectivity index (χ2v) is 11.6. The van der Waals surface area contributed by atoms with Crippen LogP contribution in [0.5, 0.6) is 5.75 Å². The maximum Gasteiger partial charge on any atom is 0.325 e. The van der Waals surface area contributed by atoms with Gasteiger partial charge in [-0.2, -0.15) is 9.30 Å². The molecule has 2 atom stereocenters. The maximum absolute atomic E-state index is 13.1. The number of sulfonamides is 1. The number of thiazole rings is 1. The van der Waals surface area contributed by atoms with E-state index < -0.39 is 21.9 Å². The van der Waals surface area contributed by atoms with E-state index in [2.05, 4.69) is 4.99 Å². The van der Waals surface area contributed by atoms with Gasteiger partial charge in [0.05, 0.1) is 41.0 Å². The van der Waals surface area contributed by atoms with Crippen LogP contribution in [0.4, 0.5) is 0 Å². The number of amides is 1. The van der Waals surface area contributed by atoms with E-state index in [4.69, 9.17) is 14.2 Å². The van der Waals surface area contributed by atoms with Crippen LogP contribution in [-0.2, 0) is 30.8 Å². The summed E-state index contributed by atoms with van der Waals surface area (Å²) >= 11 is 1.24. The Hall–Kier alpha value is -3.06. The lowest BCUT2D eigenvalue weighted by molar-refractivity contribution is -0.141. The van der Waals surface area contributed by atoms with Gasteiger partial charge < -0.3 is 18.8 Å². The summed E-state index contributed by atoms with van der Waals surface area (Å²) in [5.74, 6) is -0.378. The Morgan fingerprint density at radius 2 is 1.78 bits per heavy atom. The molecule has 0 bridgehead atoms. The molecule has 1 fully saturated rings. The summed E-state index contributed by atoms with van der Waals surface area (Å²) in [5.41, 5.74) is 0.931. The van der Waals surface area contributed by atoms with E-state index in [1.807, 2.05) is 26.8 Å². The van der Waals surface area contributed by atoms with E-state index in [1.165, 1.54) is 47.0 Å². The Balaban J connectivity index is 1.65. The molecule has 1 saturated heterocycles. The van der Waals surface area contributed by atoms with Crippen molar-refractivity contribution in [3.63, 3.8) is 0 Å². The molecule has 1 aromatic heterocycles. The van der Waals surface area contributed by atoms with Crippen molar-refractivity contribution in [3.05, 3.63) is 52.8 Å². The summed E-state index contributed by atoms with van der Waals surface area (Å²) in [6.45, 7) is 6.46. The summed E-state index contributed by atoms with van der Waals surface area (Å²) in [7, 11) is -2.44. The fourth-order valence-electron chi connectivity index (χ4n) is 4.14. The van der Waals surface area contributed by atoms with Gasteiger partial charge in [-0.15, -0.1) is 0 Å². The maximum atomic E-state index is 13.1. The molecule has 0 N–H and O–H groups in total. The second-order valence-electron chi connectivity index (χ2n) is 8.63. The molecule has 4 rings (SSSR count). The van der Waals surface area contributed by atoms with Crippen molar-refractivity contribution in [1.29, 1.82) is 0 Å². The van der Waals surface area contributed by atoms with E-state index in [0.717, 1.165) is 4.70 Å². The zero-order chi connectivity index (χ0) is 26.7. The van der Waals surface area contributed by atoms with E-state index >= 15 is 0 Å². The third-order valence-electron chi connectivity index (χ3n) is 5.80. The van der Waals surface area contributed by atoms with Crippen molar-refractivity contribution in [2.24, 2.45) is 4.99 Å². The molecule has 0 spiro atoms. The molecule has 0 aliphatic carbocycles. The van der Waals surface area contributed by atoms with Gasteiger partial charge in [0, 0.05) is 18.7 Å². The molecule has 1 aliphatic heterocycles. The van der Waals surface area contributed by atoms with Gasteiger partial charge in [-0.3, -0.25) is 9.59 Å². The lowest BCUT2D eigenvalue weighted by atomic mass is 10.2. The normalized spacial score (nSPS) is 19.2. The molecule has 1 amide bonds. The third-order valence-corrected chi connectivity index (χ3v) is 8.69. The monoisotopic (exact) mass is 547 g/mol. The number of carbonyl (C=O) groups excluding carboxylic acids is 2. The molecule has 10 nitrogen and oxygen atoms in total. The van der Waals surface area contributed by atoms with Gasteiger partial charge in [0.2, 0.25) is 10.0 Å². The van der Waals surface area contributed by atoms with Gasteiger partial charge in [0.15, 0.2) is 4.80 Å². The van der Waals surface area contributed by atoms with Crippen LogP contribution in [0, 0.1) is 0 Å². The number of rotatable bonds is 7. The number of morpholine rings is 1. The molecular formula is C25H29N3O7S2. The third kappa shape index (κ3) is 5.93. The topological polar surface area (TPSA) is 116 Å². The van der Waals surface area contributed by atoms with Crippen LogP contribution in [0.15, 0.2) is 52.4 Å². The van der Waals surface area contributed by atoms with Crippen LogP contribution in [-0.4, -0.2) is 68.2 Å². The summed E-state index contributed by atoms with van der Waals surface area (Å²) in [5, 5.41) is 0. The molecule has 37 heavy (non-hydrogen) atoms. The number of fused-ring (bicyclic) bond motifs is 1. The number of esters is 1. The summed E-state index contributed by atoms with van der Waals surface area (Å²) < 4.78 is 46.0. The van der Waals surface area contributed by atoms with Gasteiger partial charge in [0.1, 0.15) is 12.3 Å². The number of carbonyl (C=O) groups is 2. The van der Waals surface area contributed by atoms with Crippen LogP contribution < -0.4 is 9.54 Å². The summed E-state index contributed by atoms with van der Waals surface area (Å²) in [4.78, 5) is 29.7. The summed E-state index contributed by atoms with van der Waals surface area (Å²) in [6, 6.07) is 11.1. The molecule has 3 aromatic rings. The molecule has 0 radical (unpaired) electrons. The van der Waals surface area contributed by atoms with Crippen LogP contribution >= 0.6 is 11.3 Å². The van der Waals surface area contributed by atoms with Crippen molar-refractivity contribution in [3.8, 4) is 5.75 Å². The van der Waals surface area contributed by atoms with E-state index in [-0.39, 0.29) is 42.3 Å². The van der Waals surface area contributed by atoms with Gasteiger partial charge >= 0.3 is 5.97 Å². The standard InChI is InChI=1S/C25H29N3O7S2/c1-5-34-19-8-11-21-22(12-19)36-25(28(21)15-23(29)33-4)26-24(30)18-6-9-20(10-7-18)37(31,32)27-13-16(2)35-17(3)14-27/h6-12,16-17H,5,13-15H2,1-4H3. The minimum Gasteiger partial charge on any atom is -0.494 e. The SMILES string of the molecule is CCOc1ccc2c(c1)sc(=NC(=O)c1ccc(S(=O)(=O)N3CC(C)OC(C)C3)cc1)n2CC(=O)OC. The van der Waals surface area contributed by atoms with Crippen LogP contribution in [0.25, 0.3) is 10.2 Å². The molecule has 2 heterocycles. The van der Waals surface area contributed by atoms with E-state index in [9.17, 15) is 18.0 Å². The Labute approximate surface area is 219 Å². The number of ether oxygens (including phenoxy) is 3. The highest BCUT2D eigenvalue weighted by Crippen LogP contribution is 2.24. The first kappa shape index (κ1) is 27.0. The Kier molecular flexibility index (Phi) is 8.12. The van der Waals surface area contributed by atoms with Gasteiger partial charge in [0.25, 0.3) is 5.91 Å². The van der Waals surface area contributed by atoms with E-state index in [0.29, 0.717) is 22.7 Å². The first-order valence-electron chi connectivity index (χ1n) is 11.8. The molecular weight excluding hydrogens is 518 g/mol. The number of benzene rings is 2. The molecule has 1 aliphatic rings. The first-order valence-corrected chi connectivity index (χ1v) is 14.1. The minimum absolute atomic E-state index is 0.0939. The largest absolute Gasteiger partial charge is 0.494 e. The smallest absolute Gasteiger partial charge is 0.325 e. The molecule has 0 saturated carbocycles. The average molecular weight is 548 g/mol. The Morgan fingerprint density at radius 3 is 2.41 bits per heavy atom. The zero-order valence-electron chi connectivity index (χ0n) is 21.0. The van der Waals surface area contributed by atoms with Crippen LogP contribution in [0.2, 0.25) is 0 Å². The quantitative estimate of drug-likeness (QED) is 0.418. The lowest BCUT2D eigenvalue weighted by Crippen LogP contribution is -2.48. The predicted octanol–water partition coefficient (Wildman–Crippen LogP) is 2.81. The Morgan fingerprint density at radius 1 is 1.11 bits per heavy atom. The van der Waals surface area contributed by atoms with Crippen molar-refractivity contribution in [2.45, 2.75) is 44.4 Å². The zero-order valence-corrected chi connectivity index (χ0v) is 22.7. The minimum atomic E-state index is -3.73. The van der Waals surface area contributed by atoms with Gasteiger partial charge in [-0.05, 0) is 63.2 Å². The van der Waals surface area contributed by atoms with Gasteiger partial charge in [-0.25, -0.2) is 8.42 Å². The van der Waals surface area contributed by atoms with E-state index in [1.54, 1.807) is 16.7 Å². The number of hydrogen-bond acceptors (Lipinski definition) is 8. The van der Waals surface area contributed by atoms with Crippen molar-refractivity contribution in [1.82, 2.24) is 8.87 Å². The number of nitrogens with zero attached hydrogens (tertiary/aromatic N) is 3. The highest BCUT2D eigenvalue weighted by atomic mass is 32.2. The molecule has 12 heteroatoms. The fourth-order valence-corrected chi connectivity index (χ4v) is 6.79. The first-order chi connectivity index (χ1) is 17.6. The number of aromatic nitrogens is 1. The molecule has 2 unspecified atom stereocenters. The second kappa shape index (κ2) is 11.1. The summed E-state index contributed by atoms with van der Waals surface area (Å²) in [6.07, 6.45) is -0.415. The highest BCUT2D eigenvalue weighted by molar-refractivity contribution is 7.89. The predicted molar refractivity (Wildman–Crippen MR) is 138 cm³/mol. The number of hydrogen-bond donors (Lipinski definition) is 0. The lowest BCUT2D eigenvalue weighted by Gasteiger charge is -2.34. The number of methoxy groups -OCH3 is 1. The van der Waals surface area contributed by atoms with Gasteiger partial charge in [-0.1, -0.05) is 11.3 Å².